The number of hydrogen-bond acceptors (Lipinski definition) is 5. The predicted octanol–water partition coefficient (Wildman–Crippen LogP) is 1.51. The van der Waals surface area contributed by atoms with Gasteiger partial charge in [-0.2, -0.15) is 0 Å². The summed E-state index contributed by atoms with van der Waals surface area (Å²) in [5.41, 5.74) is 5.10. The Morgan fingerprint density at radius 3 is 2.65 bits per heavy atom. The molecule has 0 aliphatic rings. The van der Waals surface area contributed by atoms with Gasteiger partial charge in [0.25, 0.3) is 11.6 Å². The molecule has 1 amide bonds. The molecule has 0 fully saturated rings. The third kappa shape index (κ3) is 4.07. The maximum atomic E-state index is 12.0. The molecule has 0 aromatic heterocycles. The first-order valence-electron chi connectivity index (χ1n) is 5.91. The Kier molecular flexibility index (Phi) is 5.29. The molecule has 110 valence electrons. The molecule has 1 atom stereocenters. The second-order valence-corrected chi connectivity index (χ2v) is 5.19. The highest BCUT2D eigenvalue weighted by atomic mass is 35.5. The lowest BCUT2D eigenvalue weighted by atomic mass is 10.1. The standard InChI is InChI=1S/C12H17ClN4O3/c1-7(6-16(2)3)15-12(18)8-4-9(13)11(14)10(5-8)17(19)20/h4-5,7H,6,14H2,1-3H3,(H,15,18). The summed E-state index contributed by atoms with van der Waals surface area (Å²) in [6.45, 7) is 2.49. The Morgan fingerprint density at radius 1 is 1.55 bits per heavy atom. The number of rotatable bonds is 5. The van der Waals surface area contributed by atoms with Crippen molar-refractivity contribution in [2.45, 2.75) is 13.0 Å². The minimum atomic E-state index is -0.665. The molecule has 20 heavy (non-hydrogen) atoms. The summed E-state index contributed by atoms with van der Waals surface area (Å²) in [5.74, 6) is -0.427. The lowest BCUT2D eigenvalue weighted by molar-refractivity contribution is -0.383. The highest BCUT2D eigenvalue weighted by molar-refractivity contribution is 6.34. The molecule has 0 saturated heterocycles. The number of anilines is 1. The minimum Gasteiger partial charge on any atom is -0.392 e. The number of nitrogens with two attached hydrogens (primary N) is 1. The van der Waals surface area contributed by atoms with Gasteiger partial charge in [-0.3, -0.25) is 14.9 Å². The molecule has 1 aromatic carbocycles. The van der Waals surface area contributed by atoms with E-state index in [0.717, 1.165) is 6.07 Å². The number of nitro benzene ring substituents is 1. The number of nitrogen functional groups attached to an aromatic ring is 1. The van der Waals surface area contributed by atoms with Gasteiger partial charge in [-0.05, 0) is 27.1 Å². The van der Waals surface area contributed by atoms with Gasteiger partial charge >= 0.3 is 0 Å². The van der Waals surface area contributed by atoms with Crippen LogP contribution < -0.4 is 11.1 Å². The first-order valence-corrected chi connectivity index (χ1v) is 6.29. The molecule has 0 bridgehead atoms. The molecule has 1 aromatic rings. The monoisotopic (exact) mass is 300 g/mol. The van der Waals surface area contributed by atoms with E-state index < -0.39 is 10.8 Å². The molecule has 0 spiro atoms. The third-order valence-corrected chi connectivity index (χ3v) is 2.90. The fourth-order valence-electron chi connectivity index (χ4n) is 1.79. The van der Waals surface area contributed by atoms with Gasteiger partial charge in [-0.1, -0.05) is 11.6 Å². The quantitative estimate of drug-likeness (QED) is 0.487. The van der Waals surface area contributed by atoms with Gasteiger partial charge in [0.2, 0.25) is 0 Å². The maximum Gasteiger partial charge on any atom is 0.294 e. The lowest BCUT2D eigenvalue weighted by Crippen LogP contribution is -2.39. The highest BCUT2D eigenvalue weighted by Gasteiger charge is 2.20. The summed E-state index contributed by atoms with van der Waals surface area (Å²) in [7, 11) is 3.77. The molecule has 0 aliphatic carbocycles. The predicted molar refractivity (Wildman–Crippen MR) is 78.0 cm³/mol. The average molecular weight is 301 g/mol. The van der Waals surface area contributed by atoms with Crippen LogP contribution in [0.3, 0.4) is 0 Å². The number of halogens is 1. The Morgan fingerprint density at radius 2 is 2.15 bits per heavy atom. The van der Waals surface area contributed by atoms with Crippen molar-refractivity contribution in [3.05, 3.63) is 32.8 Å². The molecule has 8 heteroatoms. The van der Waals surface area contributed by atoms with Crippen molar-refractivity contribution >= 4 is 28.9 Å². The number of hydrogen-bond donors (Lipinski definition) is 2. The number of likely N-dealkylation sites (N-methyl/N-ethyl adjacent to an activating group) is 1. The number of nitro groups is 1. The van der Waals surface area contributed by atoms with Crippen molar-refractivity contribution < 1.29 is 9.72 Å². The fourth-order valence-corrected chi connectivity index (χ4v) is 2.00. The summed E-state index contributed by atoms with van der Waals surface area (Å²) in [6, 6.07) is 2.34. The van der Waals surface area contributed by atoms with E-state index in [-0.39, 0.29) is 28.0 Å². The minimum absolute atomic E-state index is 0.00962. The van der Waals surface area contributed by atoms with Crippen LogP contribution in [0.4, 0.5) is 11.4 Å². The summed E-state index contributed by atoms with van der Waals surface area (Å²) < 4.78 is 0. The first kappa shape index (κ1) is 16.2. The van der Waals surface area contributed by atoms with Gasteiger partial charge < -0.3 is 16.0 Å². The molecule has 0 saturated carbocycles. The number of carbonyl (C=O) groups is 1. The van der Waals surface area contributed by atoms with Crippen LogP contribution in [0.25, 0.3) is 0 Å². The van der Waals surface area contributed by atoms with E-state index >= 15 is 0 Å². The smallest absolute Gasteiger partial charge is 0.294 e. The number of benzene rings is 1. The van der Waals surface area contributed by atoms with Crippen LogP contribution in [0.5, 0.6) is 0 Å². The maximum absolute atomic E-state index is 12.0. The zero-order valence-corrected chi connectivity index (χ0v) is 12.3. The summed E-state index contributed by atoms with van der Waals surface area (Å²) in [4.78, 5) is 24.1. The van der Waals surface area contributed by atoms with E-state index in [2.05, 4.69) is 5.32 Å². The van der Waals surface area contributed by atoms with Crippen molar-refractivity contribution in [3.63, 3.8) is 0 Å². The zero-order chi connectivity index (χ0) is 15.4. The van der Waals surface area contributed by atoms with Crippen LogP contribution in [0.1, 0.15) is 17.3 Å². The number of carbonyl (C=O) groups excluding carboxylic acids is 1. The van der Waals surface area contributed by atoms with Gasteiger partial charge in [0.05, 0.1) is 9.95 Å². The van der Waals surface area contributed by atoms with Crippen molar-refractivity contribution in [2.24, 2.45) is 0 Å². The normalized spacial score (nSPS) is 12.2. The Bertz CT molecular complexity index is 534. The molecule has 0 heterocycles. The number of nitrogens with one attached hydrogen (secondary N) is 1. The van der Waals surface area contributed by atoms with Crippen molar-refractivity contribution in [2.75, 3.05) is 26.4 Å². The van der Waals surface area contributed by atoms with Gasteiger partial charge in [0.1, 0.15) is 5.69 Å². The highest BCUT2D eigenvalue weighted by Crippen LogP contribution is 2.30. The van der Waals surface area contributed by atoms with Crippen molar-refractivity contribution in [3.8, 4) is 0 Å². The van der Waals surface area contributed by atoms with Gasteiger partial charge in [-0.15, -0.1) is 0 Å². The molecule has 0 radical (unpaired) electrons. The number of nitrogens with zero attached hydrogens (tertiary/aromatic N) is 2. The zero-order valence-electron chi connectivity index (χ0n) is 11.5. The molecule has 7 nitrogen and oxygen atoms in total. The summed E-state index contributed by atoms with van der Waals surface area (Å²) in [6.07, 6.45) is 0. The van der Waals surface area contributed by atoms with E-state index in [1.807, 2.05) is 25.9 Å². The van der Waals surface area contributed by atoms with Crippen LogP contribution in [0, 0.1) is 10.1 Å². The number of amides is 1. The third-order valence-electron chi connectivity index (χ3n) is 2.58. The summed E-state index contributed by atoms with van der Waals surface area (Å²) in [5, 5.41) is 13.6. The van der Waals surface area contributed by atoms with Crippen LogP contribution >= 0.6 is 11.6 Å². The SMILES string of the molecule is CC(CN(C)C)NC(=O)c1cc(Cl)c(N)c([N+](=O)[O-])c1. The topological polar surface area (TPSA) is 102 Å². The van der Waals surface area contributed by atoms with Crippen molar-refractivity contribution in [1.82, 2.24) is 10.2 Å². The van der Waals surface area contributed by atoms with Crippen LogP contribution in [0.15, 0.2) is 12.1 Å². The van der Waals surface area contributed by atoms with Crippen LogP contribution in [-0.4, -0.2) is 42.4 Å². The van der Waals surface area contributed by atoms with Crippen LogP contribution in [0.2, 0.25) is 5.02 Å². The molecule has 1 rings (SSSR count). The van der Waals surface area contributed by atoms with E-state index in [9.17, 15) is 14.9 Å². The van der Waals surface area contributed by atoms with E-state index in [0.29, 0.717) is 6.54 Å². The van der Waals surface area contributed by atoms with Crippen molar-refractivity contribution in [1.29, 1.82) is 0 Å². The second-order valence-electron chi connectivity index (χ2n) is 4.78. The molecule has 3 N–H and O–H groups in total. The van der Waals surface area contributed by atoms with Gasteiger partial charge in [0.15, 0.2) is 0 Å². The van der Waals surface area contributed by atoms with Gasteiger partial charge in [-0.25, -0.2) is 0 Å². The largest absolute Gasteiger partial charge is 0.392 e. The molecule has 0 aliphatic heterocycles. The molecular formula is C12H17ClN4O3. The summed E-state index contributed by atoms with van der Waals surface area (Å²) >= 11 is 5.81. The molecule has 1 unspecified atom stereocenters. The van der Waals surface area contributed by atoms with Crippen LogP contribution in [-0.2, 0) is 0 Å². The Balaban J connectivity index is 2.97. The molecular weight excluding hydrogens is 284 g/mol. The first-order chi connectivity index (χ1) is 9.22. The van der Waals surface area contributed by atoms with Gasteiger partial charge in [0, 0.05) is 24.2 Å². The Labute approximate surface area is 121 Å². The fraction of sp³-hybridized carbons (Fsp3) is 0.417. The lowest BCUT2D eigenvalue weighted by Gasteiger charge is -2.18. The van der Waals surface area contributed by atoms with E-state index in [4.69, 9.17) is 17.3 Å². The average Bonchev–Trinajstić information content (AvgIpc) is 2.30. The van der Waals surface area contributed by atoms with E-state index in [1.54, 1.807) is 0 Å². The second kappa shape index (κ2) is 6.53. The Hall–Kier alpha value is -1.86. The van der Waals surface area contributed by atoms with E-state index in [1.165, 1.54) is 6.07 Å².